The summed E-state index contributed by atoms with van der Waals surface area (Å²) in [5.74, 6) is 0.764. The molecule has 0 atom stereocenters. The standard InChI is InChI=1S/C21H20N4O/c1-2-25-19-10-16(8-9-17(19)11-20(25)26)18-13-23-21(24-14-18)22-12-15-6-4-3-5-7-15/h3-10,13-14H,2,11-12H2,1H3,(H,22,23,24). The van der Waals surface area contributed by atoms with Crippen molar-refractivity contribution in [3.05, 3.63) is 72.1 Å². The minimum absolute atomic E-state index is 0.163. The van der Waals surface area contributed by atoms with E-state index >= 15 is 0 Å². The minimum Gasteiger partial charge on any atom is -0.350 e. The number of fused-ring (bicyclic) bond motifs is 1. The number of nitrogens with zero attached hydrogens (tertiary/aromatic N) is 3. The SMILES string of the molecule is CCN1C(=O)Cc2ccc(-c3cnc(NCc4ccccc4)nc3)cc21. The zero-order valence-corrected chi connectivity index (χ0v) is 14.6. The molecule has 2 aromatic carbocycles. The molecule has 4 rings (SSSR count). The van der Waals surface area contributed by atoms with Gasteiger partial charge in [-0.05, 0) is 29.7 Å². The lowest BCUT2D eigenvalue weighted by Gasteiger charge is -2.15. The second-order valence-electron chi connectivity index (χ2n) is 6.29. The predicted molar refractivity (Wildman–Crippen MR) is 103 cm³/mol. The van der Waals surface area contributed by atoms with Crippen LogP contribution in [0.2, 0.25) is 0 Å². The summed E-state index contributed by atoms with van der Waals surface area (Å²) >= 11 is 0. The van der Waals surface area contributed by atoms with Crippen molar-refractivity contribution in [1.29, 1.82) is 0 Å². The van der Waals surface area contributed by atoms with Gasteiger partial charge >= 0.3 is 0 Å². The summed E-state index contributed by atoms with van der Waals surface area (Å²) in [5.41, 5.74) is 5.23. The lowest BCUT2D eigenvalue weighted by atomic mass is 10.0. The molecule has 0 unspecified atom stereocenters. The molecule has 5 nitrogen and oxygen atoms in total. The average molecular weight is 344 g/mol. The van der Waals surface area contributed by atoms with Gasteiger partial charge in [0.15, 0.2) is 0 Å². The highest BCUT2D eigenvalue weighted by Crippen LogP contribution is 2.33. The third-order valence-corrected chi connectivity index (χ3v) is 4.61. The van der Waals surface area contributed by atoms with Crippen LogP contribution in [0.1, 0.15) is 18.1 Å². The molecule has 1 aliphatic rings. The van der Waals surface area contributed by atoms with Crippen LogP contribution in [0.3, 0.4) is 0 Å². The van der Waals surface area contributed by atoms with Crippen LogP contribution >= 0.6 is 0 Å². The monoisotopic (exact) mass is 344 g/mol. The van der Waals surface area contributed by atoms with E-state index in [2.05, 4.69) is 33.5 Å². The molecule has 3 aromatic rings. The van der Waals surface area contributed by atoms with Gasteiger partial charge < -0.3 is 10.2 Å². The molecular weight excluding hydrogens is 324 g/mol. The maximum absolute atomic E-state index is 12.0. The number of likely N-dealkylation sites (N-methyl/N-ethyl adjacent to an activating group) is 1. The number of hydrogen-bond donors (Lipinski definition) is 1. The Balaban J connectivity index is 1.51. The highest BCUT2D eigenvalue weighted by atomic mass is 16.2. The molecule has 0 saturated carbocycles. The van der Waals surface area contributed by atoms with Gasteiger partial charge in [0.05, 0.1) is 6.42 Å². The zero-order chi connectivity index (χ0) is 17.9. The Hall–Kier alpha value is -3.21. The Bertz CT molecular complexity index is 923. The van der Waals surface area contributed by atoms with Crippen LogP contribution in [-0.2, 0) is 17.8 Å². The molecule has 1 aromatic heterocycles. The molecular formula is C21H20N4O. The minimum atomic E-state index is 0.163. The first-order valence-corrected chi connectivity index (χ1v) is 8.78. The first kappa shape index (κ1) is 16.3. The van der Waals surface area contributed by atoms with E-state index in [1.165, 1.54) is 5.56 Å². The van der Waals surface area contributed by atoms with Crippen molar-refractivity contribution in [3.8, 4) is 11.1 Å². The number of hydrogen-bond acceptors (Lipinski definition) is 4. The highest BCUT2D eigenvalue weighted by Gasteiger charge is 2.26. The van der Waals surface area contributed by atoms with Gasteiger partial charge in [0, 0.05) is 36.7 Å². The number of aromatic nitrogens is 2. The van der Waals surface area contributed by atoms with Crippen molar-refractivity contribution in [2.75, 3.05) is 16.8 Å². The van der Waals surface area contributed by atoms with E-state index < -0.39 is 0 Å². The maximum atomic E-state index is 12.0. The summed E-state index contributed by atoms with van der Waals surface area (Å²) in [6.45, 7) is 3.37. The van der Waals surface area contributed by atoms with Crippen LogP contribution in [0.25, 0.3) is 11.1 Å². The largest absolute Gasteiger partial charge is 0.350 e. The average Bonchev–Trinajstić information content (AvgIpc) is 3.01. The Morgan fingerprint density at radius 1 is 1.04 bits per heavy atom. The summed E-state index contributed by atoms with van der Waals surface area (Å²) in [5, 5.41) is 3.23. The zero-order valence-electron chi connectivity index (χ0n) is 14.6. The Kier molecular flexibility index (Phi) is 4.35. The maximum Gasteiger partial charge on any atom is 0.231 e. The molecule has 0 aliphatic carbocycles. The summed E-state index contributed by atoms with van der Waals surface area (Å²) < 4.78 is 0. The molecule has 0 bridgehead atoms. The fourth-order valence-corrected chi connectivity index (χ4v) is 3.23. The summed E-state index contributed by atoms with van der Waals surface area (Å²) in [6.07, 6.45) is 4.12. The van der Waals surface area contributed by atoms with Crippen molar-refractivity contribution >= 4 is 17.5 Å². The van der Waals surface area contributed by atoms with Gasteiger partial charge in [0.2, 0.25) is 11.9 Å². The van der Waals surface area contributed by atoms with Crippen LogP contribution < -0.4 is 10.2 Å². The lowest BCUT2D eigenvalue weighted by Crippen LogP contribution is -2.25. The normalized spacial score (nSPS) is 13.0. The third-order valence-electron chi connectivity index (χ3n) is 4.61. The van der Waals surface area contributed by atoms with Gasteiger partial charge in [-0.3, -0.25) is 4.79 Å². The van der Waals surface area contributed by atoms with E-state index in [0.29, 0.717) is 25.5 Å². The predicted octanol–water partition coefficient (Wildman–Crippen LogP) is 3.66. The quantitative estimate of drug-likeness (QED) is 0.767. The number of benzene rings is 2. The van der Waals surface area contributed by atoms with E-state index in [4.69, 9.17) is 0 Å². The first-order chi connectivity index (χ1) is 12.7. The molecule has 1 amide bonds. The van der Waals surface area contributed by atoms with Crippen molar-refractivity contribution in [2.24, 2.45) is 0 Å². The van der Waals surface area contributed by atoms with Gasteiger partial charge in [-0.25, -0.2) is 9.97 Å². The van der Waals surface area contributed by atoms with Crippen LogP contribution in [-0.4, -0.2) is 22.4 Å². The molecule has 0 fully saturated rings. The van der Waals surface area contributed by atoms with Crippen molar-refractivity contribution in [2.45, 2.75) is 19.9 Å². The summed E-state index contributed by atoms with van der Waals surface area (Å²) in [4.78, 5) is 22.7. The second kappa shape index (κ2) is 6.96. The Morgan fingerprint density at radius 3 is 2.54 bits per heavy atom. The van der Waals surface area contributed by atoms with Crippen LogP contribution in [0, 0.1) is 0 Å². The van der Waals surface area contributed by atoms with Crippen LogP contribution in [0.4, 0.5) is 11.6 Å². The van der Waals surface area contributed by atoms with Gasteiger partial charge in [0.1, 0.15) is 0 Å². The summed E-state index contributed by atoms with van der Waals surface area (Å²) in [7, 11) is 0. The van der Waals surface area contributed by atoms with E-state index in [-0.39, 0.29) is 5.91 Å². The van der Waals surface area contributed by atoms with Gasteiger partial charge in [-0.15, -0.1) is 0 Å². The molecule has 130 valence electrons. The Labute approximate surface area is 152 Å². The van der Waals surface area contributed by atoms with Gasteiger partial charge in [-0.2, -0.15) is 0 Å². The first-order valence-electron chi connectivity index (χ1n) is 8.78. The van der Waals surface area contributed by atoms with Crippen LogP contribution in [0.5, 0.6) is 0 Å². The molecule has 0 saturated heterocycles. The topological polar surface area (TPSA) is 58.1 Å². The van der Waals surface area contributed by atoms with E-state index in [1.54, 1.807) is 0 Å². The van der Waals surface area contributed by atoms with Gasteiger partial charge in [0.25, 0.3) is 0 Å². The second-order valence-corrected chi connectivity index (χ2v) is 6.29. The van der Waals surface area contributed by atoms with Gasteiger partial charge in [-0.1, -0.05) is 42.5 Å². The number of carbonyl (C=O) groups is 1. The lowest BCUT2D eigenvalue weighted by molar-refractivity contribution is -0.117. The van der Waals surface area contributed by atoms with Crippen LogP contribution in [0.15, 0.2) is 60.9 Å². The molecule has 26 heavy (non-hydrogen) atoms. The summed E-state index contributed by atoms with van der Waals surface area (Å²) in [6, 6.07) is 16.3. The molecule has 0 spiro atoms. The molecule has 2 heterocycles. The Morgan fingerprint density at radius 2 is 1.81 bits per heavy atom. The highest BCUT2D eigenvalue weighted by molar-refractivity contribution is 6.02. The van der Waals surface area contributed by atoms with Crippen molar-refractivity contribution in [1.82, 2.24) is 9.97 Å². The fourth-order valence-electron chi connectivity index (χ4n) is 3.23. The number of carbonyl (C=O) groups excluding carboxylic acids is 1. The van der Waals surface area contributed by atoms with Crippen molar-refractivity contribution in [3.63, 3.8) is 0 Å². The number of rotatable bonds is 5. The molecule has 0 radical (unpaired) electrons. The van der Waals surface area contributed by atoms with E-state index in [1.807, 2.05) is 54.5 Å². The molecule has 5 heteroatoms. The number of nitrogens with one attached hydrogen (secondary N) is 1. The van der Waals surface area contributed by atoms with E-state index in [9.17, 15) is 4.79 Å². The van der Waals surface area contributed by atoms with Crippen molar-refractivity contribution < 1.29 is 4.79 Å². The molecule has 1 aliphatic heterocycles. The number of anilines is 2. The fraction of sp³-hybridized carbons (Fsp3) is 0.190. The molecule has 1 N–H and O–H groups in total. The smallest absolute Gasteiger partial charge is 0.231 e. The number of amides is 1. The van der Waals surface area contributed by atoms with E-state index in [0.717, 1.165) is 22.4 Å². The third kappa shape index (κ3) is 3.16.